The predicted octanol–water partition coefficient (Wildman–Crippen LogP) is 8.98. The molecule has 0 saturated heterocycles. The van der Waals surface area contributed by atoms with E-state index in [1.165, 1.54) is 37.0 Å². The van der Waals surface area contributed by atoms with Gasteiger partial charge in [0.2, 0.25) is 0 Å². The highest BCUT2D eigenvalue weighted by molar-refractivity contribution is 5.74. The molecule has 4 heteroatoms. The summed E-state index contributed by atoms with van der Waals surface area (Å²) in [5.74, 6) is -3.89. The van der Waals surface area contributed by atoms with Gasteiger partial charge in [-0.3, -0.25) is 0 Å². The van der Waals surface area contributed by atoms with E-state index < -0.39 is 23.3 Å². The molecule has 33 heavy (non-hydrogen) atoms. The van der Waals surface area contributed by atoms with Crippen molar-refractivity contribution < 1.29 is 17.6 Å². The number of benzene rings is 4. The highest BCUT2D eigenvalue weighted by atomic mass is 19.2. The second-order valence-corrected chi connectivity index (χ2v) is 8.18. The molecule has 0 saturated carbocycles. The molecule has 0 atom stereocenters. The summed E-state index contributed by atoms with van der Waals surface area (Å²) in [6, 6.07) is 21.1. The molecule has 0 N–H and O–H groups in total. The Bertz CT molecular complexity index is 1220. The van der Waals surface area contributed by atoms with Gasteiger partial charge in [0.05, 0.1) is 5.56 Å². The Labute approximate surface area is 191 Å². The highest BCUT2D eigenvalue weighted by Gasteiger charge is 2.16. The molecule has 0 unspecified atom stereocenters. The molecular formula is C29H24F4. The zero-order valence-corrected chi connectivity index (χ0v) is 18.3. The topological polar surface area (TPSA) is 0 Å². The summed E-state index contributed by atoms with van der Waals surface area (Å²) in [7, 11) is 0. The Balaban J connectivity index is 1.56. The smallest absolute Gasteiger partial charge is 0.159 e. The first kappa shape index (κ1) is 22.8. The van der Waals surface area contributed by atoms with Crippen LogP contribution in [0.15, 0.2) is 78.9 Å². The molecule has 0 amide bonds. The number of unbranched alkanes of at least 4 members (excludes halogenated alkanes) is 2. The fourth-order valence-corrected chi connectivity index (χ4v) is 3.97. The van der Waals surface area contributed by atoms with Crippen LogP contribution in [0.1, 0.15) is 31.7 Å². The van der Waals surface area contributed by atoms with Crippen molar-refractivity contribution >= 4 is 0 Å². The van der Waals surface area contributed by atoms with Crippen LogP contribution in [0.5, 0.6) is 0 Å². The third kappa shape index (κ3) is 5.16. The zero-order chi connectivity index (χ0) is 23.4. The van der Waals surface area contributed by atoms with E-state index in [0.717, 1.165) is 35.7 Å². The molecule has 168 valence electrons. The van der Waals surface area contributed by atoms with Gasteiger partial charge < -0.3 is 0 Å². The maximum Gasteiger partial charge on any atom is 0.159 e. The van der Waals surface area contributed by atoms with Crippen molar-refractivity contribution in [1.29, 1.82) is 0 Å². The van der Waals surface area contributed by atoms with E-state index in [-0.39, 0.29) is 11.1 Å². The first-order valence-electron chi connectivity index (χ1n) is 11.1. The molecule has 0 aliphatic heterocycles. The van der Waals surface area contributed by atoms with Gasteiger partial charge in [0.25, 0.3) is 0 Å². The minimum absolute atomic E-state index is 0.0519. The molecule has 4 rings (SSSR count). The Hall–Kier alpha value is -3.40. The molecule has 4 aromatic rings. The van der Waals surface area contributed by atoms with Gasteiger partial charge in [-0.05, 0) is 70.5 Å². The van der Waals surface area contributed by atoms with Crippen LogP contribution in [0.2, 0.25) is 0 Å². The number of hydrogen-bond donors (Lipinski definition) is 0. The van der Waals surface area contributed by atoms with Crippen LogP contribution in [-0.4, -0.2) is 0 Å². The van der Waals surface area contributed by atoms with Gasteiger partial charge in [-0.1, -0.05) is 74.4 Å². The summed E-state index contributed by atoms with van der Waals surface area (Å²) >= 11 is 0. The van der Waals surface area contributed by atoms with Crippen molar-refractivity contribution in [3.05, 3.63) is 108 Å². The molecule has 0 bridgehead atoms. The first-order chi connectivity index (χ1) is 16.0. The minimum atomic E-state index is -1.15. The highest BCUT2D eigenvalue weighted by Crippen LogP contribution is 2.32. The van der Waals surface area contributed by atoms with Crippen molar-refractivity contribution in [3.63, 3.8) is 0 Å². The molecule has 0 spiro atoms. The van der Waals surface area contributed by atoms with Crippen LogP contribution in [0.3, 0.4) is 0 Å². The standard InChI is InChI=1S/C29H24F4/c1-2-3-4-5-19-6-8-20(9-7-19)21-10-12-22(13-11-21)24-17-27(32)29(28(33)18-24)23-14-15-25(30)26(31)16-23/h6-18H,2-5H2,1H3. The van der Waals surface area contributed by atoms with Gasteiger partial charge in [0.15, 0.2) is 11.6 Å². The van der Waals surface area contributed by atoms with Gasteiger partial charge in [0.1, 0.15) is 11.6 Å². The third-order valence-electron chi connectivity index (χ3n) is 5.82. The molecule has 0 aliphatic rings. The summed E-state index contributed by atoms with van der Waals surface area (Å²) in [5, 5.41) is 0. The predicted molar refractivity (Wildman–Crippen MR) is 126 cm³/mol. The lowest BCUT2D eigenvalue weighted by Gasteiger charge is -2.10. The fraction of sp³-hybridized carbons (Fsp3) is 0.172. The van der Waals surface area contributed by atoms with E-state index in [1.807, 2.05) is 24.3 Å². The molecular weight excluding hydrogens is 424 g/mol. The lowest BCUT2D eigenvalue weighted by molar-refractivity contribution is 0.508. The summed E-state index contributed by atoms with van der Waals surface area (Å²) in [5.41, 5.74) is 4.00. The maximum absolute atomic E-state index is 14.8. The molecule has 0 nitrogen and oxygen atoms in total. The Morgan fingerprint density at radius 1 is 0.485 bits per heavy atom. The van der Waals surface area contributed by atoms with Gasteiger partial charge in [-0.2, -0.15) is 0 Å². The van der Waals surface area contributed by atoms with Gasteiger partial charge in [0, 0.05) is 0 Å². The first-order valence-corrected chi connectivity index (χ1v) is 11.1. The Morgan fingerprint density at radius 2 is 0.970 bits per heavy atom. The monoisotopic (exact) mass is 448 g/mol. The number of hydrogen-bond acceptors (Lipinski definition) is 0. The molecule has 0 fully saturated rings. The lowest BCUT2D eigenvalue weighted by atomic mass is 9.96. The van der Waals surface area contributed by atoms with Crippen molar-refractivity contribution in [2.45, 2.75) is 32.6 Å². The molecule has 0 heterocycles. The lowest BCUT2D eigenvalue weighted by Crippen LogP contribution is -1.94. The SMILES string of the molecule is CCCCCc1ccc(-c2ccc(-c3cc(F)c(-c4ccc(F)c(F)c4)c(F)c3)cc2)cc1. The van der Waals surface area contributed by atoms with E-state index >= 15 is 0 Å². The van der Waals surface area contributed by atoms with Crippen LogP contribution in [0, 0.1) is 23.3 Å². The van der Waals surface area contributed by atoms with Crippen LogP contribution >= 0.6 is 0 Å². The number of aryl methyl sites for hydroxylation is 1. The quantitative estimate of drug-likeness (QED) is 0.195. The third-order valence-corrected chi connectivity index (χ3v) is 5.82. The normalized spacial score (nSPS) is 11.1. The molecule has 0 aliphatic carbocycles. The van der Waals surface area contributed by atoms with Crippen LogP contribution < -0.4 is 0 Å². The van der Waals surface area contributed by atoms with E-state index in [2.05, 4.69) is 31.2 Å². The van der Waals surface area contributed by atoms with Crippen LogP contribution in [-0.2, 0) is 6.42 Å². The van der Waals surface area contributed by atoms with Gasteiger partial charge >= 0.3 is 0 Å². The minimum Gasteiger partial charge on any atom is -0.206 e. The van der Waals surface area contributed by atoms with Crippen molar-refractivity contribution in [2.24, 2.45) is 0 Å². The van der Waals surface area contributed by atoms with E-state index in [1.54, 1.807) is 0 Å². The van der Waals surface area contributed by atoms with Crippen LogP contribution in [0.4, 0.5) is 17.6 Å². The number of rotatable bonds is 7. The fourth-order valence-electron chi connectivity index (χ4n) is 3.97. The van der Waals surface area contributed by atoms with Crippen LogP contribution in [0.25, 0.3) is 33.4 Å². The summed E-state index contributed by atoms with van der Waals surface area (Å²) < 4.78 is 56.2. The molecule has 0 radical (unpaired) electrons. The second kappa shape index (κ2) is 10.0. The van der Waals surface area contributed by atoms with Gasteiger partial charge in [-0.25, -0.2) is 17.6 Å². The summed E-state index contributed by atoms with van der Waals surface area (Å²) in [6.07, 6.45) is 4.69. The van der Waals surface area contributed by atoms with Crippen molar-refractivity contribution in [3.8, 4) is 33.4 Å². The van der Waals surface area contributed by atoms with Crippen molar-refractivity contribution in [2.75, 3.05) is 0 Å². The van der Waals surface area contributed by atoms with E-state index in [4.69, 9.17) is 0 Å². The molecule has 4 aromatic carbocycles. The maximum atomic E-state index is 14.8. The Morgan fingerprint density at radius 3 is 1.52 bits per heavy atom. The van der Waals surface area contributed by atoms with E-state index in [9.17, 15) is 17.6 Å². The average molecular weight is 449 g/mol. The second-order valence-electron chi connectivity index (χ2n) is 8.18. The average Bonchev–Trinajstić information content (AvgIpc) is 2.82. The van der Waals surface area contributed by atoms with E-state index in [0.29, 0.717) is 11.1 Å². The zero-order valence-electron chi connectivity index (χ0n) is 18.3. The summed E-state index contributed by atoms with van der Waals surface area (Å²) in [4.78, 5) is 0. The van der Waals surface area contributed by atoms with Gasteiger partial charge in [-0.15, -0.1) is 0 Å². The molecule has 0 aromatic heterocycles. The van der Waals surface area contributed by atoms with Crippen molar-refractivity contribution in [1.82, 2.24) is 0 Å². The number of halogens is 4. The Kier molecular flexibility index (Phi) is 6.93. The summed E-state index contributed by atoms with van der Waals surface area (Å²) in [6.45, 7) is 2.19. The largest absolute Gasteiger partial charge is 0.206 e.